The van der Waals surface area contributed by atoms with Crippen LogP contribution >= 0.6 is 0 Å². The third-order valence-electron chi connectivity index (χ3n) is 4.47. The van der Waals surface area contributed by atoms with E-state index in [1.807, 2.05) is 12.1 Å². The fraction of sp³-hybridized carbons (Fsp3) is 0.600. The lowest BCUT2D eigenvalue weighted by Gasteiger charge is -2.22. The van der Waals surface area contributed by atoms with Crippen LogP contribution in [0, 0.1) is 0 Å². The lowest BCUT2D eigenvalue weighted by atomic mass is 10.3. The Kier molecular flexibility index (Phi) is 3.94. The fourth-order valence-corrected chi connectivity index (χ4v) is 4.18. The molecule has 1 aliphatic heterocycles. The van der Waals surface area contributed by atoms with Crippen LogP contribution in [-0.2, 0) is 26.0 Å². The van der Waals surface area contributed by atoms with Crippen molar-refractivity contribution in [2.75, 3.05) is 19.3 Å². The number of rotatable bonds is 5. The highest BCUT2D eigenvalue weighted by molar-refractivity contribution is 7.93. The predicted octanol–water partition coefficient (Wildman–Crippen LogP) is 0.776. The Hall–Kier alpha value is -1.47. The molecule has 0 bridgehead atoms. The number of amides is 1. The van der Waals surface area contributed by atoms with Gasteiger partial charge in [0, 0.05) is 31.7 Å². The zero-order valence-electron chi connectivity index (χ0n) is 12.6. The number of ether oxygens (including phenoxy) is 1. The molecule has 1 aromatic rings. The van der Waals surface area contributed by atoms with E-state index >= 15 is 0 Å². The van der Waals surface area contributed by atoms with Crippen LogP contribution in [-0.4, -0.2) is 54.4 Å². The highest BCUT2D eigenvalue weighted by Crippen LogP contribution is 2.45. The number of pyridine rings is 1. The molecule has 0 radical (unpaired) electrons. The first-order valence-electron chi connectivity index (χ1n) is 7.42. The summed E-state index contributed by atoms with van der Waals surface area (Å²) in [6, 6.07) is 3.78. The Balaban J connectivity index is 1.56. The van der Waals surface area contributed by atoms with Gasteiger partial charge in [-0.15, -0.1) is 0 Å². The maximum atomic E-state index is 12.5. The first-order chi connectivity index (χ1) is 10.4. The quantitative estimate of drug-likeness (QED) is 0.800. The molecular formula is C15H20N2O4S. The smallest absolute Gasteiger partial charge is 0.244 e. The van der Waals surface area contributed by atoms with Gasteiger partial charge in [-0.1, -0.05) is 0 Å². The minimum Gasteiger partial charge on any atom is -0.372 e. The summed E-state index contributed by atoms with van der Waals surface area (Å²) in [5.41, 5.74) is 1.04. The summed E-state index contributed by atoms with van der Waals surface area (Å²) in [7, 11) is -3.34. The van der Waals surface area contributed by atoms with Crippen molar-refractivity contribution in [3.8, 4) is 0 Å². The molecule has 2 fully saturated rings. The van der Waals surface area contributed by atoms with E-state index in [0.717, 1.165) is 18.2 Å². The average molecular weight is 324 g/mol. The van der Waals surface area contributed by atoms with Gasteiger partial charge in [0.25, 0.3) is 0 Å². The van der Waals surface area contributed by atoms with E-state index in [-0.39, 0.29) is 12.0 Å². The molecule has 2 heterocycles. The van der Waals surface area contributed by atoms with Crippen molar-refractivity contribution >= 4 is 15.7 Å². The normalized spacial score (nSPS) is 23.5. The van der Waals surface area contributed by atoms with Crippen LogP contribution in [0.5, 0.6) is 0 Å². The Labute approximate surface area is 130 Å². The van der Waals surface area contributed by atoms with Crippen molar-refractivity contribution in [3.05, 3.63) is 30.1 Å². The van der Waals surface area contributed by atoms with Gasteiger partial charge < -0.3 is 9.64 Å². The van der Waals surface area contributed by atoms with Crippen LogP contribution in [0.2, 0.25) is 0 Å². The molecule has 2 aliphatic rings. The number of likely N-dealkylation sites (tertiary alicyclic amines) is 1. The maximum absolute atomic E-state index is 12.5. The fourth-order valence-electron chi connectivity index (χ4n) is 2.89. The first-order valence-corrected chi connectivity index (χ1v) is 9.31. The molecule has 0 aromatic carbocycles. The van der Waals surface area contributed by atoms with E-state index in [9.17, 15) is 13.2 Å². The Bertz CT molecular complexity index is 655. The summed E-state index contributed by atoms with van der Waals surface area (Å²) in [5.74, 6) is -0.245. The molecule has 6 nitrogen and oxygen atoms in total. The van der Waals surface area contributed by atoms with E-state index in [1.54, 1.807) is 17.3 Å². The molecule has 1 amide bonds. The van der Waals surface area contributed by atoms with E-state index in [0.29, 0.717) is 32.5 Å². The second-order valence-corrected chi connectivity index (χ2v) is 8.42. The van der Waals surface area contributed by atoms with Crippen molar-refractivity contribution in [2.45, 2.75) is 36.7 Å². The molecule has 1 aromatic heterocycles. The minimum absolute atomic E-state index is 0.0347. The molecule has 0 spiro atoms. The average Bonchev–Trinajstić information content (AvgIpc) is 3.19. The molecule has 1 atom stereocenters. The lowest BCUT2D eigenvalue weighted by molar-refractivity contribution is -0.131. The zero-order chi connectivity index (χ0) is 15.8. The molecule has 0 N–H and O–H groups in total. The van der Waals surface area contributed by atoms with Gasteiger partial charge in [-0.05, 0) is 37.0 Å². The molecule has 22 heavy (non-hydrogen) atoms. The van der Waals surface area contributed by atoms with Gasteiger partial charge in [-0.2, -0.15) is 0 Å². The summed E-state index contributed by atoms with van der Waals surface area (Å²) in [6.45, 7) is 1.52. The number of carbonyl (C=O) groups excluding carboxylic acids is 1. The van der Waals surface area contributed by atoms with Crippen LogP contribution in [0.3, 0.4) is 0 Å². The molecular weight excluding hydrogens is 304 g/mol. The molecule has 3 rings (SSSR count). The number of hydrogen-bond acceptors (Lipinski definition) is 5. The van der Waals surface area contributed by atoms with Crippen molar-refractivity contribution < 1.29 is 17.9 Å². The van der Waals surface area contributed by atoms with Crippen molar-refractivity contribution in [2.24, 2.45) is 0 Å². The van der Waals surface area contributed by atoms with Gasteiger partial charge in [0.05, 0.1) is 12.7 Å². The Morgan fingerprint density at radius 3 is 2.68 bits per heavy atom. The summed E-state index contributed by atoms with van der Waals surface area (Å²) in [6.07, 6.45) is 6.20. The first kappa shape index (κ1) is 15.4. The second-order valence-electron chi connectivity index (χ2n) is 6.09. The highest BCUT2D eigenvalue weighted by Gasteiger charge is 2.60. The van der Waals surface area contributed by atoms with Crippen LogP contribution in [0.1, 0.15) is 24.8 Å². The van der Waals surface area contributed by atoms with Crippen LogP contribution < -0.4 is 0 Å². The molecule has 1 saturated heterocycles. The van der Waals surface area contributed by atoms with Crippen LogP contribution in [0.4, 0.5) is 0 Å². The topological polar surface area (TPSA) is 76.6 Å². The third-order valence-corrected chi connectivity index (χ3v) is 6.47. The number of sulfone groups is 1. The summed E-state index contributed by atoms with van der Waals surface area (Å²) in [4.78, 5) is 18.1. The monoisotopic (exact) mass is 324 g/mol. The van der Waals surface area contributed by atoms with Gasteiger partial charge in [0.2, 0.25) is 5.91 Å². The summed E-state index contributed by atoms with van der Waals surface area (Å²) in [5, 5.41) is 0. The van der Waals surface area contributed by atoms with Crippen molar-refractivity contribution in [1.82, 2.24) is 9.88 Å². The van der Waals surface area contributed by atoms with Crippen molar-refractivity contribution in [3.63, 3.8) is 0 Å². The zero-order valence-corrected chi connectivity index (χ0v) is 13.4. The van der Waals surface area contributed by atoms with Crippen LogP contribution in [0.15, 0.2) is 24.5 Å². The minimum atomic E-state index is -3.34. The van der Waals surface area contributed by atoms with E-state index < -0.39 is 14.6 Å². The lowest BCUT2D eigenvalue weighted by Crippen LogP contribution is -2.43. The number of hydrogen-bond donors (Lipinski definition) is 0. The van der Waals surface area contributed by atoms with Crippen LogP contribution in [0.25, 0.3) is 0 Å². The second kappa shape index (κ2) is 5.62. The summed E-state index contributed by atoms with van der Waals surface area (Å²) < 4.78 is 28.3. The Morgan fingerprint density at radius 1 is 1.41 bits per heavy atom. The largest absolute Gasteiger partial charge is 0.372 e. The predicted molar refractivity (Wildman–Crippen MR) is 80.8 cm³/mol. The molecule has 1 aliphatic carbocycles. The number of nitrogens with zero attached hydrogens (tertiary/aromatic N) is 2. The maximum Gasteiger partial charge on any atom is 0.244 e. The SMILES string of the molecule is CS(=O)(=O)C1(C(=O)N2CCC(OCc3ccncc3)C2)CC1. The molecule has 1 saturated carbocycles. The Morgan fingerprint density at radius 2 is 2.09 bits per heavy atom. The number of aromatic nitrogens is 1. The van der Waals surface area contributed by atoms with E-state index in [4.69, 9.17) is 4.74 Å². The van der Waals surface area contributed by atoms with Gasteiger partial charge in [-0.25, -0.2) is 8.42 Å². The molecule has 7 heteroatoms. The molecule has 1 unspecified atom stereocenters. The van der Waals surface area contributed by atoms with E-state index in [1.165, 1.54) is 0 Å². The third kappa shape index (κ3) is 2.87. The van der Waals surface area contributed by atoms with Gasteiger partial charge >= 0.3 is 0 Å². The van der Waals surface area contributed by atoms with Crippen molar-refractivity contribution in [1.29, 1.82) is 0 Å². The van der Waals surface area contributed by atoms with E-state index in [2.05, 4.69) is 4.98 Å². The van der Waals surface area contributed by atoms with Gasteiger partial charge in [-0.3, -0.25) is 9.78 Å². The standard InChI is InChI=1S/C15H20N2O4S/c1-22(19,20)15(5-6-15)14(18)17-9-4-13(10-17)21-11-12-2-7-16-8-3-12/h2-3,7-8,13H,4-6,9-11H2,1H3. The van der Waals surface area contributed by atoms with Gasteiger partial charge in [0.15, 0.2) is 14.6 Å². The summed E-state index contributed by atoms with van der Waals surface area (Å²) >= 11 is 0. The van der Waals surface area contributed by atoms with Gasteiger partial charge in [0.1, 0.15) is 0 Å². The molecule has 120 valence electrons. The number of carbonyl (C=O) groups is 1. The highest BCUT2D eigenvalue weighted by atomic mass is 32.2.